The Morgan fingerprint density at radius 3 is 2.59 bits per heavy atom. The maximum atomic E-state index is 13.3. The SMILES string of the molecule is Cc1cc2nc(-c3cccc(NC(=O)c4cccc(F)c4)c3)oc2cc1C. The lowest BCUT2D eigenvalue weighted by atomic mass is 10.1. The number of halogens is 1. The lowest BCUT2D eigenvalue weighted by Gasteiger charge is -2.06. The number of aryl methyl sites for hydroxylation is 2. The van der Waals surface area contributed by atoms with Crippen molar-refractivity contribution in [1.82, 2.24) is 4.98 Å². The predicted molar refractivity (Wildman–Crippen MR) is 103 cm³/mol. The number of aromatic nitrogens is 1. The molecule has 0 aliphatic carbocycles. The number of nitrogens with zero attached hydrogens (tertiary/aromatic N) is 1. The lowest BCUT2D eigenvalue weighted by molar-refractivity contribution is 0.102. The third kappa shape index (κ3) is 3.44. The third-order valence-corrected chi connectivity index (χ3v) is 4.46. The van der Waals surface area contributed by atoms with Crippen LogP contribution in [-0.2, 0) is 0 Å². The molecule has 5 heteroatoms. The van der Waals surface area contributed by atoms with Crippen LogP contribution in [0, 0.1) is 19.7 Å². The fourth-order valence-electron chi connectivity index (χ4n) is 2.87. The molecule has 1 heterocycles. The highest BCUT2D eigenvalue weighted by Gasteiger charge is 2.12. The maximum Gasteiger partial charge on any atom is 0.255 e. The van der Waals surface area contributed by atoms with Gasteiger partial charge in [-0.25, -0.2) is 9.37 Å². The summed E-state index contributed by atoms with van der Waals surface area (Å²) in [6, 6.07) is 16.7. The molecule has 4 rings (SSSR count). The topological polar surface area (TPSA) is 55.1 Å². The number of carbonyl (C=O) groups is 1. The summed E-state index contributed by atoms with van der Waals surface area (Å²) < 4.78 is 19.2. The molecule has 0 aliphatic heterocycles. The van der Waals surface area contributed by atoms with E-state index < -0.39 is 5.82 Å². The van der Waals surface area contributed by atoms with Crippen molar-refractivity contribution in [3.63, 3.8) is 0 Å². The Kier molecular flexibility index (Phi) is 4.20. The highest BCUT2D eigenvalue weighted by atomic mass is 19.1. The molecule has 0 atom stereocenters. The average Bonchev–Trinajstić information content (AvgIpc) is 3.05. The van der Waals surface area contributed by atoms with Gasteiger partial charge in [0.1, 0.15) is 11.3 Å². The number of benzene rings is 3. The molecule has 1 amide bonds. The summed E-state index contributed by atoms with van der Waals surface area (Å²) in [5.74, 6) is -0.346. The summed E-state index contributed by atoms with van der Waals surface area (Å²) in [6.45, 7) is 4.06. The molecule has 1 N–H and O–H groups in total. The van der Waals surface area contributed by atoms with Crippen molar-refractivity contribution in [3.8, 4) is 11.5 Å². The maximum absolute atomic E-state index is 13.3. The van der Waals surface area contributed by atoms with Gasteiger partial charge in [-0.05, 0) is 73.5 Å². The largest absolute Gasteiger partial charge is 0.436 e. The molecule has 4 aromatic rings. The first-order valence-corrected chi connectivity index (χ1v) is 8.55. The van der Waals surface area contributed by atoms with E-state index in [-0.39, 0.29) is 11.5 Å². The number of anilines is 1. The second kappa shape index (κ2) is 6.68. The summed E-state index contributed by atoms with van der Waals surface area (Å²) in [5, 5.41) is 2.77. The zero-order valence-electron chi connectivity index (χ0n) is 14.9. The van der Waals surface area contributed by atoms with Crippen molar-refractivity contribution >= 4 is 22.7 Å². The van der Waals surface area contributed by atoms with Crippen LogP contribution in [-0.4, -0.2) is 10.9 Å². The molecule has 0 unspecified atom stereocenters. The van der Waals surface area contributed by atoms with Gasteiger partial charge in [-0.1, -0.05) is 12.1 Å². The molecular weight excluding hydrogens is 343 g/mol. The van der Waals surface area contributed by atoms with Gasteiger partial charge in [0.15, 0.2) is 5.58 Å². The van der Waals surface area contributed by atoms with Crippen LogP contribution >= 0.6 is 0 Å². The number of hydrogen-bond acceptors (Lipinski definition) is 3. The monoisotopic (exact) mass is 360 g/mol. The second-order valence-electron chi connectivity index (χ2n) is 6.47. The van der Waals surface area contributed by atoms with Crippen LogP contribution in [0.4, 0.5) is 10.1 Å². The minimum absolute atomic E-state index is 0.258. The van der Waals surface area contributed by atoms with Gasteiger partial charge >= 0.3 is 0 Å². The van der Waals surface area contributed by atoms with Gasteiger partial charge < -0.3 is 9.73 Å². The molecule has 0 fully saturated rings. The smallest absolute Gasteiger partial charge is 0.255 e. The van der Waals surface area contributed by atoms with E-state index in [1.807, 2.05) is 38.1 Å². The van der Waals surface area contributed by atoms with Gasteiger partial charge in [-0.2, -0.15) is 0 Å². The van der Waals surface area contributed by atoms with Crippen molar-refractivity contribution in [2.45, 2.75) is 13.8 Å². The van der Waals surface area contributed by atoms with Gasteiger partial charge in [-0.3, -0.25) is 4.79 Å². The molecule has 0 spiro atoms. The lowest BCUT2D eigenvalue weighted by Crippen LogP contribution is -2.12. The van der Waals surface area contributed by atoms with E-state index in [0.29, 0.717) is 11.6 Å². The van der Waals surface area contributed by atoms with E-state index in [1.165, 1.54) is 18.2 Å². The first kappa shape index (κ1) is 17.0. The van der Waals surface area contributed by atoms with E-state index in [4.69, 9.17) is 4.42 Å². The fraction of sp³-hybridized carbons (Fsp3) is 0.0909. The molecule has 0 bridgehead atoms. The van der Waals surface area contributed by atoms with Gasteiger partial charge in [0.25, 0.3) is 5.91 Å². The second-order valence-corrected chi connectivity index (χ2v) is 6.47. The van der Waals surface area contributed by atoms with Crippen LogP contribution in [0.2, 0.25) is 0 Å². The molecule has 3 aromatic carbocycles. The summed E-state index contributed by atoms with van der Waals surface area (Å²) in [7, 11) is 0. The minimum Gasteiger partial charge on any atom is -0.436 e. The highest BCUT2D eigenvalue weighted by molar-refractivity contribution is 6.04. The normalized spacial score (nSPS) is 10.9. The molecule has 1 aromatic heterocycles. The van der Waals surface area contributed by atoms with E-state index >= 15 is 0 Å². The van der Waals surface area contributed by atoms with E-state index in [2.05, 4.69) is 10.3 Å². The molecule has 0 radical (unpaired) electrons. The van der Waals surface area contributed by atoms with Gasteiger partial charge in [0.05, 0.1) is 0 Å². The Labute approximate surface area is 155 Å². The summed E-state index contributed by atoms with van der Waals surface area (Å²) in [5.41, 5.74) is 5.40. The fourth-order valence-corrected chi connectivity index (χ4v) is 2.87. The van der Waals surface area contributed by atoms with Crippen molar-refractivity contribution in [2.24, 2.45) is 0 Å². The molecule has 134 valence electrons. The Morgan fingerprint density at radius 2 is 1.78 bits per heavy atom. The molecular formula is C22H17FN2O2. The number of nitrogens with one attached hydrogen (secondary N) is 1. The zero-order chi connectivity index (χ0) is 19.0. The molecule has 0 saturated carbocycles. The van der Waals surface area contributed by atoms with Gasteiger partial charge in [0, 0.05) is 16.8 Å². The first-order valence-electron chi connectivity index (χ1n) is 8.55. The number of hydrogen-bond donors (Lipinski definition) is 1. The third-order valence-electron chi connectivity index (χ3n) is 4.46. The number of oxazole rings is 1. The van der Waals surface area contributed by atoms with Crippen LogP contribution in [0.25, 0.3) is 22.6 Å². The summed E-state index contributed by atoms with van der Waals surface area (Å²) in [6.07, 6.45) is 0. The molecule has 27 heavy (non-hydrogen) atoms. The highest BCUT2D eigenvalue weighted by Crippen LogP contribution is 2.28. The Hall–Kier alpha value is -3.47. The van der Waals surface area contributed by atoms with Crippen molar-refractivity contribution < 1.29 is 13.6 Å². The van der Waals surface area contributed by atoms with E-state index in [1.54, 1.807) is 18.2 Å². The zero-order valence-corrected chi connectivity index (χ0v) is 14.9. The molecule has 0 aliphatic rings. The number of rotatable bonds is 3. The van der Waals surface area contributed by atoms with Crippen LogP contribution in [0.1, 0.15) is 21.5 Å². The van der Waals surface area contributed by atoms with Gasteiger partial charge in [0.2, 0.25) is 5.89 Å². The predicted octanol–water partition coefficient (Wildman–Crippen LogP) is 5.50. The number of fused-ring (bicyclic) bond motifs is 1. The van der Waals surface area contributed by atoms with Crippen molar-refractivity contribution in [2.75, 3.05) is 5.32 Å². The standard InChI is InChI=1S/C22H17FN2O2/c1-13-9-19-20(10-14(13)2)27-22(25-19)16-6-4-8-18(12-16)24-21(26)15-5-3-7-17(23)11-15/h3-12H,1-2H3,(H,24,26). The Balaban J connectivity index is 1.63. The number of carbonyl (C=O) groups excluding carboxylic acids is 1. The van der Waals surface area contributed by atoms with Crippen LogP contribution in [0.3, 0.4) is 0 Å². The van der Waals surface area contributed by atoms with Crippen LogP contribution < -0.4 is 5.32 Å². The molecule has 0 saturated heterocycles. The Morgan fingerprint density at radius 1 is 1.00 bits per heavy atom. The minimum atomic E-state index is -0.450. The van der Waals surface area contributed by atoms with E-state index in [0.717, 1.165) is 27.8 Å². The Bertz CT molecular complexity index is 1130. The van der Waals surface area contributed by atoms with Crippen molar-refractivity contribution in [3.05, 3.63) is 83.2 Å². The first-order chi connectivity index (χ1) is 13.0. The van der Waals surface area contributed by atoms with Gasteiger partial charge in [-0.15, -0.1) is 0 Å². The van der Waals surface area contributed by atoms with E-state index in [9.17, 15) is 9.18 Å². The van der Waals surface area contributed by atoms with Crippen molar-refractivity contribution in [1.29, 1.82) is 0 Å². The average molecular weight is 360 g/mol. The van der Waals surface area contributed by atoms with Crippen LogP contribution in [0.15, 0.2) is 65.1 Å². The quantitative estimate of drug-likeness (QED) is 0.525. The summed E-state index contributed by atoms with van der Waals surface area (Å²) >= 11 is 0. The number of amides is 1. The van der Waals surface area contributed by atoms with Crippen LogP contribution in [0.5, 0.6) is 0 Å². The summed E-state index contributed by atoms with van der Waals surface area (Å²) in [4.78, 5) is 16.9. The molecule has 4 nitrogen and oxygen atoms in total.